The van der Waals surface area contributed by atoms with Gasteiger partial charge in [0.05, 0.1) is 0 Å². The Bertz CT molecular complexity index is 125. The molecule has 0 radical (unpaired) electrons. The number of nitrogens with zero attached hydrogens (tertiary/aromatic N) is 1. The van der Waals surface area contributed by atoms with E-state index < -0.39 is 12.0 Å². The third-order valence-corrected chi connectivity index (χ3v) is 1.15. The number of rotatable bonds is 5. The first-order chi connectivity index (χ1) is 4.68. The molecule has 4 nitrogen and oxygen atoms in total. The van der Waals surface area contributed by atoms with Gasteiger partial charge in [0.1, 0.15) is 6.04 Å². The highest BCUT2D eigenvalue weighted by Crippen LogP contribution is 1.93. The second kappa shape index (κ2) is 4.93. The lowest BCUT2D eigenvalue weighted by atomic mass is 10.2. The molecule has 58 valence electrons. The molecule has 0 spiro atoms. The van der Waals surface area contributed by atoms with E-state index in [1.165, 1.54) is 0 Å². The van der Waals surface area contributed by atoms with Crippen molar-refractivity contribution in [3.8, 4) is 0 Å². The topological polar surface area (TPSA) is 75.7 Å². The Labute approximate surface area is 59.8 Å². The SMILES string of the molecule is C=NCCCC(N)C(=O)O. The lowest BCUT2D eigenvalue weighted by Gasteiger charge is -2.02. The zero-order valence-electron chi connectivity index (χ0n) is 5.79. The fraction of sp³-hybridized carbons (Fsp3) is 0.667. The average Bonchev–Trinajstić information content (AvgIpc) is 1.88. The molecule has 0 fully saturated rings. The lowest BCUT2D eigenvalue weighted by molar-refractivity contribution is -0.138. The summed E-state index contributed by atoms with van der Waals surface area (Å²) in [5.41, 5.74) is 5.20. The minimum atomic E-state index is -0.955. The molecule has 0 saturated carbocycles. The Morgan fingerprint density at radius 3 is 2.80 bits per heavy atom. The molecule has 4 heteroatoms. The van der Waals surface area contributed by atoms with Crippen molar-refractivity contribution in [2.45, 2.75) is 18.9 Å². The third-order valence-electron chi connectivity index (χ3n) is 1.15. The average molecular weight is 144 g/mol. The second-order valence-electron chi connectivity index (χ2n) is 2.03. The first-order valence-corrected chi connectivity index (χ1v) is 3.09. The van der Waals surface area contributed by atoms with Gasteiger partial charge in [0, 0.05) is 6.54 Å². The summed E-state index contributed by atoms with van der Waals surface area (Å²) >= 11 is 0. The first-order valence-electron chi connectivity index (χ1n) is 3.09. The zero-order valence-corrected chi connectivity index (χ0v) is 5.79. The van der Waals surface area contributed by atoms with Crippen LogP contribution in [0.2, 0.25) is 0 Å². The summed E-state index contributed by atoms with van der Waals surface area (Å²) in [4.78, 5) is 13.7. The maximum absolute atomic E-state index is 10.1. The first kappa shape index (κ1) is 9.10. The fourth-order valence-electron chi connectivity index (χ4n) is 0.546. The minimum absolute atomic E-state index is 0.467. The molecule has 0 aromatic heterocycles. The van der Waals surface area contributed by atoms with Crippen LogP contribution in [0.5, 0.6) is 0 Å². The van der Waals surface area contributed by atoms with Crippen molar-refractivity contribution in [3.63, 3.8) is 0 Å². The van der Waals surface area contributed by atoms with Crippen LogP contribution in [0.4, 0.5) is 0 Å². The summed E-state index contributed by atoms with van der Waals surface area (Å²) in [7, 11) is 0. The standard InChI is InChI=1S/C6H12N2O2/c1-8-4-2-3-5(7)6(9)10/h5H,1-4,7H2,(H,9,10). The minimum Gasteiger partial charge on any atom is -0.480 e. The number of nitrogens with two attached hydrogens (primary N) is 1. The van der Waals surface area contributed by atoms with Crippen LogP contribution in [0.3, 0.4) is 0 Å². The smallest absolute Gasteiger partial charge is 0.320 e. The molecular formula is C6H12N2O2. The van der Waals surface area contributed by atoms with Gasteiger partial charge in [0.2, 0.25) is 0 Å². The zero-order chi connectivity index (χ0) is 7.98. The molecule has 1 atom stereocenters. The van der Waals surface area contributed by atoms with E-state index >= 15 is 0 Å². The molecular weight excluding hydrogens is 132 g/mol. The molecule has 0 heterocycles. The molecule has 0 aliphatic rings. The molecule has 0 aliphatic carbocycles. The van der Waals surface area contributed by atoms with Crippen molar-refractivity contribution in [1.82, 2.24) is 0 Å². The van der Waals surface area contributed by atoms with Crippen LogP contribution in [0.1, 0.15) is 12.8 Å². The largest absolute Gasteiger partial charge is 0.480 e. The number of hydrogen-bond donors (Lipinski definition) is 2. The molecule has 0 aliphatic heterocycles. The molecule has 0 saturated heterocycles. The Morgan fingerprint density at radius 2 is 2.40 bits per heavy atom. The Balaban J connectivity index is 3.30. The number of hydrogen-bond acceptors (Lipinski definition) is 3. The van der Waals surface area contributed by atoms with Gasteiger partial charge in [-0.3, -0.25) is 4.79 Å². The van der Waals surface area contributed by atoms with Gasteiger partial charge in [-0.05, 0) is 19.6 Å². The summed E-state index contributed by atoms with van der Waals surface area (Å²) in [6.07, 6.45) is 1.16. The van der Waals surface area contributed by atoms with E-state index in [-0.39, 0.29) is 0 Å². The van der Waals surface area contributed by atoms with Gasteiger partial charge in [-0.1, -0.05) is 0 Å². The Kier molecular flexibility index (Phi) is 4.49. The monoisotopic (exact) mass is 144 g/mol. The van der Waals surface area contributed by atoms with Crippen LogP contribution >= 0.6 is 0 Å². The van der Waals surface area contributed by atoms with Gasteiger partial charge in [-0.25, -0.2) is 0 Å². The molecule has 0 rings (SSSR count). The molecule has 0 bridgehead atoms. The van der Waals surface area contributed by atoms with E-state index in [1.807, 2.05) is 0 Å². The van der Waals surface area contributed by atoms with Crippen molar-refractivity contribution in [2.24, 2.45) is 10.7 Å². The van der Waals surface area contributed by atoms with Crippen molar-refractivity contribution < 1.29 is 9.90 Å². The van der Waals surface area contributed by atoms with E-state index in [0.29, 0.717) is 19.4 Å². The molecule has 1 unspecified atom stereocenters. The predicted octanol–water partition coefficient (Wildman–Crippen LogP) is -0.121. The number of carboxylic acid groups (broad SMARTS) is 1. The summed E-state index contributed by atoms with van der Waals surface area (Å²) in [5, 5.41) is 8.31. The second-order valence-corrected chi connectivity index (χ2v) is 2.03. The highest BCUT2D eigenvalue weighted by molar-refractivity contribution is 5.72. The summed E-state index contributed by atoms with van der Waals surface area (Å²) in [6, 6.07) is -0.748. The van der Waals surface area contributed by atoms with Crippen molar-refractivity contribution in [2.75, 3.05) is 6.54 Å². The van der Waals surface area contributed by atoms with E-state index in [9.17, 15) is 4.79 Å². The van der Waals surface area contributed by atoms with Gasteiger partial charge in [-0.15, -0.1) is 0 Å². The molecule has 3 N–H and O–H groups in total. The van der Waals surface area contributed by atoms with Gasteiger partial charge >= 0.3 is 5.97 Å². The summed E-state index contributed by atoms with van der Waals surface area (Å²) in [5.74, 6) is -0.955. The maximum atomic E-state index is 10.1. The highest BCUT2D eigenvalue weighted by atomic mass is 16.4. The van der Waals surface area contributed by atoms with E-state index in [2.05, 4.69) is 11.7 Å². The number of carboxylic acids is 1. The van der Waals surface area contributed by atoms with Gasteiger partial charge in [0.15, 0.2) is 0 Å². The van der Waals surface area contributed by atoms with Crippen LogP contribution < -0.4 is 5.73 Å². The Morgan fingerprint density at radius 1 is 1.80 bits per heavy atom. The van der Waals surface area contributed by atoms with Crippen molar-refractivity contribution >= 4 is 12.7 Å². The number of aliphatic imine (C=N–C) groups is 1. The fourth-order valence-corrected chi connectivity index (χ4v) is 0.546. The van der Waals surface area contributed by atoms with Crippen molar-refractivity contribution in [3.05, 3.63) is 0 Å². The third kappa shape index (κ3) is 4.03. The molecule has 0 aromatic carbocycles. The quantitative estimate of drug-likeness (QED) is 0.417. The van der Waals surface area contributed by atoms with Crippen LogP contribution in [0.15, 0.2) is 4.99 Å². The number of carbonyl (C=O) groups is 1. The Hall–Kier alpha value is -0.900. The van der Waals surface area contributed by atoms with Gasteiger partial charge in [0.25, 0.3) is 0 Å². The highest BCUT2D eigenvalue weighted by Gasteiger charge is 2.09. The van der Waals surface area contributed by atoms with Crippen LogP contribution in [0, 0.1) is 0 Å². The van der Waals surface area contributed by atoms with E-state index in [0.717, 1.165) is 0 Å². The molecule has 0 aromatic rings. The summed E-state index contributed by atoms with van der Waals surface area (Å²) in [6.45, 7) is 3.85. The van der Waals surface area contributed by atoms with Crippen molar-refractivity contribution in [1.29, 1.82) is 0 Å². The number of aliphatic carboxylic acids is 1. The van der Waals surface area contributed by atoms with E-state index in [4.69, 9.17) is 10.8 Å². The summed E-state index contributed by atoms with van der Waals surface area (Å²) < 4.78 is 0. The van der Waals surface area contributed by atoms with Gasteiger partial charge in [-0.2, -0.15) is 0 Å². The van der Waals surface area contributed by atoms with Crippen LogP contribution in [-0.4, -0.2) is 30.4 Å². The maximum Gasteiger partial charge on any atom is 0.320 e. The van der Waals surface area contributed by atoms with Crippen LogP contribution in [-0.2, 0) is 4.79 Å². The predicted molar refractivity (Wildman–Crippen MR) is 39.3 cm³/mol. The van der Waals surface area contributed by atoms with Crippen LogP contribution in [0.25, 0.3) is 0 Å². The molecule has 0 amide bonds. The van der Waals surface area contributed by atoms with Gasteiger partial charge < -0.3 is 15.8 Å². The molecule has 10 heavy (non-hydrogen) atoms. The normalized spacial score (nSPS) is 12.5. The van der Waals surface area contributed by atoms with E-state index in [1.54, 1.807) is 0 Å². The lowest BCUT2D eigenvalue weighted by Crippen LogP contribution is -2.29.